The van der Waals surface area contributed by atoms with Crippen molar-refractivity contribution >= 4 is 5.52 Å². The van der Waals surface area contributed by atoms with Crippen molar-refractivity contribution in [3.63, 3.8) is 0 Å². The summed E-state index contributed by atoms with van der Waals surface area (Å²) >= 11 is 0. The van der Waals surface area contributed by atoms with Gasteiger partial charge in [-0.3, -0.25) is 4.79 Å². The summed E-state index contributed by atoms with van der Waals surface area (Å²) in [4.78, 5) is 14.5. The fourth-order valence-electron chi connectivity index (χ4n) is 3.29. The Morgan fingerprint density at radius 2 is 2.15 bits per heavy atom. The third kappa shape index (κ3) is 1.42. The number of nitrogens with one attached hydrogen (secondary N) is 2. The maximum atomic E-state index is 12.8. The average Bonchev–Trinajstić information content (AvgIpc) is 2.99. The smallest absolute Gasteiger partial charge is 0.313 e. The SMILES string of the molecule is O=c1[nH]c(C23CNC(C2)C3)nn2ccc(C(F)(F)F)c12. The lowest BCUT2D eigenvalue weighted by Gasteiger charge is -2.35. The van der Waals surface area contributed by atoms with Crippen LogP contribution in [-0.4, -0.2) is 27.2 Å². The molecule has 3 fully saturated rings. The van der Waals surface area contributed by atoms with Crippen molar-refractivity contribution in [3.05, 3.63) is 34.0 Å². The van der Waals surface area contributed by atoms with Crippen LogP contribution in [0.2, 0.25) is 0 Å². The summed E-state index contributed by atoms with van der Waals surface area (Å²) < 4.78 is 39.5. The summed E-state index contributed by atoms with van der Waals surface area (Å²) in [5.74, 6) is 0.473. The van der Waals surface area contributed by atoms with Gasteiger partial charge in [0.2, 0.25) is 0 Å². The Morgan fingerprint density at radius 1 is 1.40 bits per heavy atom. The van der Waals surface area contributed by atoms with E-state index in [1.165, 1.54) is 6.20 Å². The lowest BCUT2D eigenvalue weighted by atomic mass is 9.69. The Kier molecular flexibility index (Phi) is 2.05. The van der Waals surface area contributed by atoms with E-state index < -0.39 is 22.8 Å². The van der Waals surface area contributed by atoms with Gasteiger partial charge in [-0.25, -0.2) is 4.52 Å². The van der Waals surface area contributed by atoms with Gasteiger partial charge in [0.1, 0.15) is 11.3 Å². The van der Waals surface area contributed by atoms with Crippen molar-refractivity contribution in [2.24, 2.45) is 0 Å². The maximum absolute atomic E-state index is 12.8. The van der Waals surface area contributed by atoms with Crippen LogP contribution < -0.4 is 10.9 Å². The number of aromatic nitrogens is 3. The van der Waals surface area contributed by atoms with E-state index in [9.17, 15) is 18.0 Å². The molecule has 0 spiro atoms. The highest BCUT2D eigenvalue weighted by Crippen LogP contribution is 2.46. The lowest BCUT2D eigenvalue weighted by Crippen LogP contribution is -2.41. The van der Waals surface area contributed by atoms with Gasteiger partial charge in [-0.1, -0.05) is 0 Å². The molecule has 20 heavy (non-hydrogen) atoms. The first kappa shape index (κ1) is 12.0. The fourth-order valence-corrected chi connectivity index (χ4v) is 3.29. The molecular formula is C12H11F3N4O. The molecule has 5 nitrogen and oxygen atoms in total. The molecule has 2 bridgehead atoms. The zero-order valence-corrected chi connectivity index (χ0v) is 10.3. The van der Waals surface area contributed by atoms with Crippen LogP contribution >= 0.6 is 0 Å². The molecule has 0 amide bonds. The van der Waals surface area contributed by atoms with Crippen LogP contribution in [0.3, 0.4) is 0 Å². The summed E-state index contributed by atoms with van der Waals surface area (Å²) in [7, 11) is 0. The monoisotopic (exact) mass is 284 g/mol. The van der Waals surface area contributed by atoms with Crippen LogP contribution in [0.4, 0.5) is 13.2 Å². The van der Waals surface area contributed by atoms with Crippen molar-refractivity contribution in [2.75, 3.05) is 6.54 Å². The molecule has 0 unspecified atom stereocenters. The van der Waals surface area contributed by atoms with Gasteiger partial charge in [-0.2, -0.15) is 18.3 Å². The molecule has 0 atom stereocenters. The normalized spacial score (nSPS) is 28.9. The Balaban J connectivity index is 1.91. The topological polar surface area (TPSA) is 62.2 Å². The third-order valence-electron chi connectivity index (χ3n) is 4.33. The van der Waals surface area contributed by atoms with E-state index >= 15 is 0 Å². The first-order chi connectivity index (χ1) is 9.39. The highest BCUT2D eigenvalue weighted by molar-refractivity contribution is 5.54. The van der Waals surface area contributed by atoms with Crippen molar-refractivity contribution < 1.29 is 13.2 Å². The summed E-state index contributed by atoms with van der Waals surface area (Å²) in [5.41, 5.74) is -2.36. The molecule has 2 saturated heterocycles. The predicted octanol–water partition coefficient (Wildman–Crippen LogP) is 1.04. The van der Waals surface area contributed by atoms with E-state index in [0.717, 1.165) is 23.4 Å². The molecule has 3 aliphatic rings. The Morgan fingerprint density at radius 3 is 2.75 bits per heavy atom. The molecule has 2 aromatic rings. The second-order valence-corrected chi connectivity index (χ2v) is 5.59. The van der Waals surface area contributed by atoms with Gasteiger partial charge in [-0.05, 0) is 18.9 Å². The van der Waals surface area contributed by atoms with Crippen molar-refractivity contribution in [1.82, 2.24) is 19.9 Å². The van der Waals surface area contributed by atoms with Crippen LogP contribution in [0.15, 0.2) is 17.1 Å². The van der Waals surface area contributed by atoms with E-state index in [-0.39, 0.29) is 5.41 Å². The molecule has 2 aliphatic heterocycles. The second-order valence-electron chi connectivity index (χ2n) is 5.59. The number of halogens is 3. The van der Waals surface area contributed by atoms with E-state index in [0.29, 0.717) is 18.4 Å². The van der Waals surface area contributed by atoms with E-state index in [2.05, 4.69) is 15.4 Å². The van der Waals surface area contributed by atoms with Crippen LogP contribution in [0, 0.1) is 0 Å². The number of fused-ring (bicyclic) bond motifs is 2. The minimum Gasteiger partial charge on any atom is -0.313 e. The number of aromatic amines is 1. The number of rotatable bonds is 1. The van der Waals surface area contributed by atoms with Gasteiger partial charge >= 0.3 is 6.18 Å². The largest absolute Gasteiger partial charge is 0.418 e. The predicted molar refractivity (Wildman–Crippen MR) is 63.5 cm³/mol. The Hall–Kier alpha value is -1.83. The standard InChI is InChI=1S/C12H11F3N4O/c13-12(14,15)7-1-2-19-8(7)9(20)17-10(18-19)11-3-6(4-11)16-5-11/h1-2,6,16H,3-5H2,(H,17,18,20). The third-order valence-corrected chi connectivity index (χ3v) is 4.33. The molecule has 2 aromatic heterocycles. The maximum Gasteiger partial charge on any atom is 0.418 e. The van der Waals surface area contributed by atoms with Gasteiger partial charge in [0, 0.05) is 24.2 Å². The van der Waals surface area contributed by atoms with Crippen molar-refractivity contribution in [3.8, 4) is 0 Å². The average molecular weight is 284 g/mol. The van der Waals surface area contributed by atoms with E-state index in [4.69, 9.17) is 0 Å². The second kappa shape index (κ2) is 3.43. The van der Waals surface area contributed by atoms with Gasteiger partial charge < -0.3 is 10.3 Å². The minimum atomic E-state index is -4.56. The first-order valence-electron chi connectivity index (χ1n) is 6.32. The van der Waals surface area contributed by atoms with Gasteiger partial charge in [0.05, 0.1) is 5.56 Å². The van der Waals surface area contributed by atoms with Gasteiger partial charge in [0.15, 0.2) is 0 Å². The number of hydrogen-bond donors (Lipinski definition) is 2. The molecule has 2 N–H and O–H groups in total. The minimum absolute atomic E-state index is 0.222. The fraction of sp³-hybridized carbons (Fsp3) is 0.500. The first-order valence-corrected chi connectivity index (χ1v) is 6.32. The van der Waals surface area contributed by atoms with Gasteiger partial charge in [0.25, 0.3) is 5.56 Å². The lowest BCUT2D eigenvalue weighted by molar-refractivity contribution is -0.136. The highest BCUT2D eigenvalue weighted by Gasteiger charge is 2.53. The molecule has 1 aliphatic carbocycles. The quantitative estimate of drug-likeness (QED) is 0.822. The zero-order valence-electron chi connectivity index (χ0n) is 10.3. The summed E-state index contributed by atoms with van der Waals surface area (Å²) in [6, 6.07) is 1.32. The van der Waals surface area contributed by atoms with Crippen molar-refractivity contribution in [1.29, 1.82) is 0 Å². The Labute approximate surface area is 110 Å². The number of hydrogen-bond acceptors (Lipinski definition) is 3. The summed E-state index contributed by atoms with van der Waals surface area (Å²) in [6.45, 7) is 0.708. The molecule has 0 radical (unpaired) electrons. The number of alkyl halides is 3. The molecule has 5 rings (SSSR count). The number of nitrogens with zero attached hydrogens (tertiary/aromatic N) is 2. The zero-order chi connectivity index (χ0) is 14.1. The number of H-pyrrole nitrogens is 1. The molecule has 106 valence electrons. The van der Waals surface area contributed by atoms with E-state index in [1.807, 2.05) is 0 Å². The van der Waals surface area contributed by atoms with Crippen LogP contribution in [0.25, 0.3) is 5.52 Å². The van der Waals surface area contributed by atoms with Crippen molar-refractivity contribution in [2.45, 2.75) is 30.5 Å². The Bertz CT molecular complexity index is 749. The molecule has 8 heteroatoms. The molecule has 1 saturated carbocycles. The molecule has 0 aromatic carbocycles. The molecule has 4 heterocycles. The van der Waals surface area contributed by atoms with Gasteiger partial charge in [-0.15, -0.1) is 0 Å². The van der Waals surface area contributed by atoms with Crippen LogP contribution in [-0.2, 0) is 11.6 Å². The van der Waals surface area contributed by atoms with Crippen LogP contribution in [0.1, 0.15) is 24.2 Å². The summed E-state index contributed by atoms with van der Waals surface area (Å²) in [5, 5.41) is 7.46. The highest BCUT2D eigenvalue weighted by atomic mass is 19.4. The summed E-state index contributed by atoms with van der Waals surface area (Å²) in [6.07, 6.45) is -1.63. The van der Waals surface area contributed by atoms with E-state index in [1.54, 1.807) is 0 Å². The molecular weight excluding hydrogens is 273 g/mol. The van der Waals surface area contributed by atoms with Crippen LogP contribution in [0.5, 0.6) is 0 Å².